The van der Waals surface area contributed by atoms with E-state index in [-0.39, 0.29) is 11.1 Å². The van der Waals surface area contributed by atoms with Crippen molar-refractivity contribution in [2.45, 2.75) is 6.92 Å². The molecule has 2 rings (SSSR count). The summed E-state index contributed by atoms with van der Waals surface area (Å²) in [6.45, 7) is 1.51. The maximum atomic E-state index is 13.8. The van der Waals surface area contributed by atoms with Crippen LogP contribution in [0.3, 0.4) is 0 Å². The highest BCUT2D eigenvalue weighted by Crippen LogP contribution is 2.31. The second-order valence-corrected chi connectivity index (χ2v) is 3.75. The quantitative estimate of drug-likeness (QED) is 0.751. The lowest BCUT2D eigenvalue weighted by Gasteiger charge is -2.09. The molecule has 0 N–H and O–H groups in total. The Labute approximate surface area is 102 Å². The number of halogens is 3. The Morgan fingerprint density at radius 2 is 1.67 bits per heavy atom. The maximum Gasteiger partial charge on any atom is 0.135 e. The molecule has 2 aromatic carbocycles. The van der Waals surface area contributed by atoms with Gasteiger partial charge in [0.2, 0.25) is 0 Å². The number of nitriles is 1. The third kappa shape index (κ3) is 1.95. The van der Waals surface area contributed by atoms with Crippen molar-refractivity contribution in [3.63, 3.8) is 0 Å². The first kappa shape index (κ1) is 12.2. The van der Waals surface area contributed by atoms with E-state index < -0.39 is 23.0 Å². The van der Waals surface area contributed by atoms with E-state index in [2.05, 4.69) is 6.07 Å². The molecule has 0 amide bonds. The Kier molecular flexibility index (Phi) is 3.07. The Hall–Kier alpha value is -2.28. The first-order valence-electron chi connectivity index (χ1n) is 5.11. The van der Waals surface area contributed by atoms with E-state index in [4.69, 9.17) is 5.26 Å². The molecule has 0 aromatic heterocycles. The lowest BCUT2D eigenvalue weighted by Crippen LogP contribution is -1.97. The number of hydrogen-bond acceptors (Lipinski definition) is 1. The largest absolute Gasteiger partial charge is 0.206 e. The van der Waals surface area contributed by atoms with Crippen LogP contribution in [0, 0.1) is 41.8 Å². The van der Waals surface area contributed by atoms with E-state index in [1.807, 2.05) is 0 Å². The SMILES string of the molecule is Cc1[c]ccc(F)c1-c1c(F)cc(C#N)cc1F. The summed E-state index contributed by atoms with van der Waals surface area (Å²) in [6, 6.07) is 8.50. The summed E-state index contributed by atoms with van der Waals surface area (Å²) in [4.78, 5) is 0. The second kappa shape index (κ2) is 4.53. The van der Waals surface area contributed by atoms with Crippen molar-refractivity contribution in [2.75, 3.05) is 0 Å². The van der Waals surface area contributed by atoms with Gasteiger partial charge in [-0.2, -0.15) is 5.26 Å². The number of benzene rings is 2. The monoisotopic (exact) mass is 246 g/mol. The van der Waals surface area contributed by atoms with Gasteiger partial charge in [-0.15, -0.1) is 0 Å². The van der Waals surface area contributed by atoms with Crippen molar-refractivity contribution in [3.8, 4) is 17.2 Å². The molecule has 1 radical (unpaired) electrons. The molecular formula is C14H7F3N. The predicted octanol–water partition coefficient (Wildman–Crippen LogP) is 3.75. The third-order valence-corrected chi connectivity index (χ3v) is 2.56. The summed E-state index contributed by atoms with van der Waals surface area (Å²) in [5.41, 5.74) is -0.484. The van der Waals surface area contributed by atoms with Gasteiger partial charge in [0.15, 0.2) is 0 Å². The van der Waals surface area contributed by atoms with E-state index >= 15 is 0 Å². The van der Waals surface area contributed by atoms with Gasteiger partial charge < -0.3 is 0 Å². The van der Waals surface area contributed by atoms with Crippen LogP contribution in [0.15, 0.2) is 24.3 Å². The molecule has 2 aromatic rings. The number of rotatable bonds is 1. The minimum Gasteiger partial charge on any atom is -0.206 e. The molecule has 0 aliphatic rings. The summed E-state index contributed by atoms with van der Waals surface area (Å²) in [5, 5.41) is 8.59. The zero-order valence-corrected chi connectivity index (χ0v) is 9.39. The fraction of sp³-hybridized carbons (Fsp3) is 0.0714. The topological polar surface area (TPSA) is 23.8 Å². The van der Waals surface area contributed by atoms with Crippen molar-refractivity contribution < 1.29 is 13.2 Å². The van der Waals surface area contributed by atoms with Crippen LogP contribution in [-0.2, 0) is 0 Å². The fourth-order valence-electron chi connectivity index (χ4n) is 1.76. The summed E-state index contributed by atoms with van der Waals surface area (Å²) >= 11 is 0. The molecule has 0 saturated carbocycles. The molecule has 0 saturated heterocycles. The van der Waals surface area contributed by atoms with E-state index in [0.29, 0.717) is 5.56 Å². The molecule has 0 heterocycles. The lowest BCUT2D eigenvalue weighted by atomic mass is 9.98. The van der Waals surface area contributed by atoms with Gasteiger partial charge in [-0.3, -0.25) is 0 Å². The average molecular weight is 246 g/mol. The molecule has 0 atom stereocenters. The lowest BCUT2D eigenvalue weighted by molar-refractivity contribution is 0.580. The van der Waals surface area contributed by atoms with Gasteiger partial charge in [0, 0.05) is 5.56 Å². The summed E-state index contributed by atoms with van der Waals surface area (Å²) < 4.78 is 41.2. The first-order chi connectivity index (χ1) is 8.54. The zero-order chi connectivity index (χ0) is 13.3. The van der Waals surface area contributed by atoms with E-state index in [0.717, 1.165) is 18.2 Å². The number of nitrogens with zero attached hydrogens (tertiary/aromatic N) is 1. The Balaban J connectivity index is 2.77. The van der Waals surface area contributed by atoms with Crippen molar-refractivity contribution in [3.05, 3.63) is 58.9 Å². The third-order valence-electron chi connectivity index (χ3n) is 2.56. The molecule has 0 aliphatic heterocycles. The standard InChI is InChI=1S/C14H7F3N/c1-8-3-2-4-10(15)13(8)14-11(16)5-9(7-18)6-12(14)17/h2,4-6H,1H3. The second-order valence-electron chi connectivity index (χ2n) is 3.75. The van der Waals surface area contributed by atoms with Gasteiger partial charge in [-0.05, 0) is 36.8 Å². The highest BCUT2D eigenvalue weighted by atomic mass is 19.1. The first-order valence-corrected chi connectivity index (χ1v) is 5.11. The summed E-state index contributed by atoms with van der Waals surface area (Å²) in [5.74, 6) is -2.66. The Bertz CT molecular complexity index is 613. The van der Waals surface area contributed by atoms with Crippen LogP contribution in [0.4, 0.5) is 13.2 Å². The predicted molar refractivity (Wildman–Crippen MR) is 60.0 cm³/mol. The zero-order valence-electron chi connectivity index (χ0n) is 9.39. The molecule has 18 heavy (non-hydrogen) atoms. The van der Waals surface area contributed by atoms with E-state index in [1.54, 1.807) is 6.07 Å². The number of hydrogen-bond donors (Lipinski definition) is 0. The molecular weight excluding hydrogens is 239 g/mol. The van der Waals surface area contributed by atoms with Crippen molar-refractivity contribution in [2.24, 2.45) is 0 Å². The average Bonchev–Trinajstić information content (AvgIpc) is 2.31. The highest BCUT2D eigenvalue weighted by Gasteiger charge is 2.18. The fourth-order valence-corrected chi connectivity index (χ4v) is 1.76. The van der Waals surface area contributed by atoms with Gasteiger partial charge >= 0.3 is 0 Å². The van der Waals surface area contributed by atoms with Crippen molar-refractivity contribution in [1.29, 1.82) is 5.26 Å². The molecule has 89 valence electrons. The van der Waals surface area contributed by atoms with Crippen LogP contribution in [0.25, 0.3) is 11.1 Å². The van der Waals surface area contributed by atoms with Gasteiger partial charge in [-0.25, -0.2) is 13.2 Å². The highest BCUT2D eigenvalue weighted by molar-refractivity contribution is 5.69. The number of aryl methyl sites for hydroxylation is 1. The molecule has 0 aliphatic carbocycles. The minimum atomic E-state index is -0.965. The van der Waals surface area contributed by atoms with Gasteiger partial charge in [0.05, 0.1) is 17.2 Å². The van der Waals surface area contributed by atoms with Crippen LogP contribution >= 0.6 is 0 Å². The maximum absolute atomic E-state index is 13.8. The Morgan fingerprint density at radius 3 is 2.17 bits per heavy atom. The summed E-state index contributed by atoms with van der Waals surface area (Å²) in [7, 11) is 0. The minimum absolute atomic E-state index is 0.147. The van der Waals surface area contributed by atoms with Crippen LogP contribution < -0.4 is 0 Å². The molecule has 0 bridgehead atoms. The van der Waals surface area contributed by atoms with E-state index in [1.165, 1.54) is 13.0 Å². The van der Waals surface area contributed by atoms with Crippen molar-refractivity contribution >= 4 is 0 Å². The Morgan fingerprint density at radius 1 is 1.06 bits per heavy atom. The normalized spacial score (nSPS) is 10.2. The molecule has 0 spiro atoms. The molecule has 0 fully saturated rings. The molecule has 4 heteroatoms. The summed E-state index contributed by atoms with van der Waals surface area (Å²) in [6.07, 6.45) is 0. The van der Waals surface area contributed by atoms with Gasteiger partial charge in [0.1, 0.15) is 17.5 Å². The van der Waals surface area contributed by atoms with Crippen LogP contribution in [0.2, 0.25) is 0 Å². The van der Waals surface area contributed by atoms with Crippen LogP contribution in [0.1, 0.15) is 11.1 Å². The van der Waals surface area contributed by atoms with Crippen molar-refractivity contribution in [1.82, 2.24) is 0 Å². The van der Waals surface area contributed by atoms with Gasteiger partial charge in [0.25, 0.3) is 0 Å². The van der Waals surface area contributed by atoms with Crippen LogP contribution in [0.5, 0.6) is 0 Å². The van der Waals surface area contributed by atoms with Crippen LogP contribution in [-0.4, -0.2) is 0 Å². The van der Waals surface area contributed by atoms with Gasteiger partial charge in [-0.1, -0.05) is 6.07 Å². The van der Waals surface area contributed by atoms with E-state index in [9.17, 15) is 13.2 Å². The molecule has 1 nitrogen and oxygen atoms in total. The molecule has 0 unspecified atom stereocenters. The smallest absolute Gasteiger partial charge is 0.135 e.